The van der Waals surface area contributed by atoms with E-state index in [0.29, 0.717) is 36.9 Å². The molecule has 170 valence electrons. The molecule has 33 heavy (non-hydrogen) atoms. The molecule has 0 spiro atoms. The molecule has 8 nitrogen and oxygen atoms in total. The van der Waals surface area contributed by atoms with Crippen LogP contribution in [0.5, 0.6) is 0 Å². The number of rotatable bonds is 4. The van der Waals surface area contributed by atoms with Crippen molar-refractivity contribution >= 4 is 26.9 Å². The number of piperazine rings is 1. The Morgan fingerprint density at radius 1 is 0.818 bits per heavy atom. The van der Waals surface area contributed by atoms with Crippen molar-refractivity contribution in [2.75, 3.05) is 31.1 Å². The lowest BCUT2D eigenvalue weighted by atomic mass is 10.2. The lowest BCUT2D eigenvalue weighted by Crippen LogP contribution is -2.49. The van der Waals surface area contributed by atoms with Crippen LogP contribution in [-0.4, -0.2) is 58.7 Å². The van der Waals surface area contributed by atoms with E-state index in [4.69, 9.17) is 15.1 Å². The molecule has 0 bridgehead atoms. The second-order valence-electron chi connectivity index (χ2n) is 8.28. The number of nitrogens with zero attached hydrogens (tertiary/aromatic N) is 6. The Labute approximate surface area is 193 Å². The summed E-state index contributed by atoms with van der Waals surface area (Å²) in [4.78, 5) is 11.9. The average Bonchev–Trinajstić information content (AvgIpc) is 3.15. The summed E-state index contributed by atoms with van der Waals surface area (Å²) in [5, 5.41) is 5.70. The molecule has 5 rings (SSSR count). The molecule has 0 atom stereocenters. The fraction of sp³-hybridized carbons (Fsp3) is 0.292. The third kappa shape index (κ3) is 3.77. The lowest BCUT2D eigenvalue weighted by Gasteiger charge is -2.35. The zero-order valence-corrected chi connectivity index (χ0v) is 19.7. The Balaban J connectivity index is 1.49. The van der Waals surface area contributed by atoms with Gasteiger partial charge in [-0.15, -0.1) is 0 Å². The van der Waals surface area contributed by atoms with Crippen LogP contribution in [0.4, 0.5) is 5.82 Å². The van der Waals surface area contributed by atoms with Crippen molar-refractivity contribution in [1.29, 1.82) is 0 Å². The van der Waals surface area contributed by atoms with E-state index >= 15 is 0 Å². The Morgan fingerprint density at radius 3 is 2.18 bits per heavy atom. The molecule has 0 aliphatic carbocycles. The van der Waals surface area contributed by atoms with Gasteiger partial charge in [0.1, 0.15) is 11.6 Å². The van der Waals surface area contributed by atoms with Crippen LogP contribution in [0.25, 0.3) is 16.7 Å². The van der Waals surface area contributed by atoms with Gasteiger partial charge in [-0.2, -0.15) is 9.40 Å². The molecular weight excluding hydrogens is 436 g/mol. The Bertz CT molecular complexity index is 1420. The lowest BCUT2D eigenvalue weighted by molar-refractivity contribution is 0.384. The van der Waals surface area contributed by atoms with Gasteiger partial charge in [-0.25, -0.2) is 23.1 Å². The number of aromatic nitrogens is 4. The summed E-state index contributed by atoms with van der Waals surface area (Å²) in [7, 11) is -3.51. The molecule has 0 amide bonds. The zero-order chi connectivity index (χ0) is 23.2. The van der Waals surface area contributed by atoms with E-state index in [9.17, 15) is 8.42 Å². The van der Waals surface area contributed by atoms with Gasteiger partial charge >= 0.3 is 0 Å². The summed E-state index contributed by atoms with van der Waals surface area (Å²) in [5.41, 5.74) is 3.71. The van der Waals surface area contributed by atoms with Crippen LogP contribution in [-0.2, 0) is 10.0 Å². The summed E-state index contributed by atoms with van der Waals surface area (Å²) in [5.74, 6) is 1.47. The molecule has 1 aliphatic heterocycles. The van der Waals surface area contributed by atoms with Crippen LogP contribution >= 0.6 is 0 Å². The topological polar surface area (TPSA) is 84.2 Å². The summed E-state index contributed by atoms with van der Waals surface area (Å²) in [6, 6.07) is 16.7. The molecule has 1 fully saturated rings. The van der Waals surface area contributed by atoms with E-state index in [1.807, 2.05) is 42.8 Å². The van der Waals surface area contributed by atoms with Crippen molar-refractivity contribution in [2.45, 2.75) is 25.7 Å². The first-order chi connectivity index (χ1) is 15.9. The van der Waals surface area contributed by atoms with Crippen molar-refractivity contribution in [1.82, 2.24) is 24.1 Å². The van der Waals surface area contributed by atoms with Gasteiger partial charge in [-0.05, 0) is 44.5 Å². The average molecular weight is 463 g/mol. The van der Waals surface area contributed by atoms with Gasteiger partial charge < -0.3 is 4.90 Å². The SMILES string of the molecule is Cc1nc(N2CCN(S(=O)(=O)c3ccccc3)CC2)c2c(C)nn(-c3ccccc3C)c2n1. The second kappa shape index (κ2) is 8.24. The van der Waals surface area contributed by atoms with Gasteiger partial charge in [-0.1, -0.05) is 36.4 Å². The van der Waals surface area contributed by atoms with E-state index in [0.717, 1.165) is 33.8 Å². The Hall–Kier alpha value is -3.30. The van der Waals surface area contributed by atoms with Crippen LogP contribution in [0.1, 0.15) is 17.1 Å². The number of aryl methyl sites for hydroxylation is 3. The molecule has 2 aromatic carbocycles. The monoisotopic (exact) mass is 462 g/mol. The summed E-state index contributed by atoms with van der Waals surface area (Å²) < 4.78 is 29.5. The minimum absolute atomic E-state index is 0.328. The molecule has 0 saturated carbocycles. The maximum Gasteiger partial charge on any atom is 0.243 e. The Kier molecular flexibility index (Phi) is 5.38. The van der Waals surface area contributed by atoms with E-state index in [1.54, 1.807) is 28.6 Å². The fourth-order valence-corrected chi connectivity index (χ4v) is 5.79. The van der Waals surface area contributed by atoms with E-state index in [2.05, 4.69) is 17.9 Å². The molecular formula is C24H26N6O2S. The van der Waals surface area contributed by atoms with Gasteiger partial charge in [0.25, 0.3) is 0 Å². The fourth-order valence-electron chi connectivity index (χ4n) is 4.35. The summed E-state index contributed by atoms with van der Waals surface area (Å²) in [6.45, 7) is 7.79. The van der Waals surface area contributed by atoms with Gasteiger partial charge in [-0.3, -0.25) is 0 Å². The first-order valence-electron chi connectivity index (χ1n) is 11.0. The molecule has 4 aromatic rings. The van der Waals surface area contributed by atoms with Crippen LogP contribution in [0.3, 0.4) is 0 Å². The molecule has 3 heterocycles. The number of benzene rings is 2. The first kappa shape index (κ1) is 21.5. The molecule has 1 saturated heterocycles. The number of para-hydroxylation sites is 1. The largest absolute Gasteiger partial charge is 0.353 e. The van der Waals surface area contributed by atoms with Crippen LogP contribution in [0.15, 0.2) is 59.5 Å². The normalized spacial score (nSPS) is 15.3. The predicted molar refractivity (Wildman–Crippen MR) is 128 cm³/mol. The van der Waals surface area contributed by atoms with Gasteiger partial charge in [0.15, 0.2) is 5.65 Å². The quantitative estimate of drug-likeness (QED) is 0.463. The van der Waals surface area contributed by atoms with Crippen molar-refractivity contribution in [2.24, 2.45) is 0 Å². The Morgan fingerprint density at radius 2 is 1.48 bits per heavy atom. The molecule has 0 unspecified atom stereocenters. The highest BCUT2D eigenvalue weighted by Gasteiger charge is 2.30. The maximum absolute atomic E-state index is 13.0. The second-order valence-corrected chi connectivity index (χ2v) is 10.2. The molecule has 1 aliphatic rings. The summed E-state index contributed by atoms with van der Waals surface area (Å²) >= 11 is 0. The van der Waals surface area contributed by atoms with Crippen LogP contribution in [0.2, 0.25) is 0 Å². The third-order valence-corrected chi connectivity index (χ3v) is 7.97. The number of sulfonamides is 1. The van der Waals surface area contributed by atoms with Crippen molar-refractivity contribution in [3.8, 4) is 5.69 Å². The minimum atomic E-state index is -3.51. The molecule has 9 heteroatoms. The highest BCUT2D eigenvalue weighted by molar-refractivity contribution is 7.89. The number of anilines is 1. The highest BCUT2D eigenvalue weighted by atomic mass is 32.2. The predicted octanol–water partition coefficient (Wildman–Crippen LogP) is 3.25. The first-order valence-corrected chi connectivity index (χ1v) is 12.4. The van der Waals surface area contributed by atoms with E-state index < -0.39 is 10.0 Å². The molecule has 0 N–H and O–H groups in total. The number of hydrogen-bond donors (Lipinski definition) is 0. The highest BCUT2D eigenvalue weighted by Crippen LogP contribution is 2.30. The van der Waals surface area contributed by atoms with Gasteiger partial charge in [0.2, 0.25) is 10.0 Å². The molecule has 2 aromatic heterocycles. The minimum Gasteiger partial charge on any atom is -0.353 e. The summed E-state index contributed by atoms with van der Waals surface area (Å²) in [6.07, 6.45) is 0. The zero-order valence-electron chi connectivity index (χ0n) is 18.9. The van der Waals surface area contributed by atoms with Gasteiger partial charge in [0, 0.05) is 26.2 Å². The standard InChI is InChI=1S/C24H26N6O2S/c1-17-9-7-8-12-21(17)30-24-22(18(2)27-30)23(25-19(3)26-24)28-13-15-29(16-14-28)33(31,32)20-10-5-4-6-11-20/h4-12H,13-16H2,1-3H3. The van der Waals surface area contributed by atoms with Crippen molar-refractivity contribution in [3.05, 3.63) is 71.7 Å². The third-order valence-electron chi connectivity index (χ3n) is 6.06. The van der Waals surface area contributed by atoms with E-state index in [1.165, 1.54) is 0 Å². The number of hydrogen-bond acceptors (Lipinski definition) is 6. The van der Waals surface area contributed by atoms with Crippen LogP contribution < -0.4 is 4.90 Å². The molecule has 0 radical (unpaired) electrons. The smallest absolute Gasteiger partial charge is 0.243 e. The van der Waals surface area contributed by atoms with E-state index in [-0.39, 0.29) is 0 Å². The maximum atomic E-state index is 13.0. The number of fused-ring (bicyclic) bond motifs is 1. The van der Waals surface area contributed by atoms with Crippen molar-refractivity contribution < 1.29 is 8.42 Å². The van der Waals surface area contributed by atoms with Crippen molar-refractivity contribution in [3.63, 3.8) is 0 Å². The van der Waals surface area contributed by atoms with Crippen LogP contribution in [0, 0.1) is 20.8 Å². The van der Waals surface area contributed by atoms with Gasteiger partial charge in [0.05, 0.1) is 21.7 Å².